The van der Waals surface area contributed by atoms with E-state index in [2.05, 4.69) is 181 Å². The number of benzene rings is 7. The number of fused-ring (bicyclic) bond motifs is 9. The van der Waals surface area contributed by atoms with Crippen molar-refractivity contribution in [3.8, 4) is 50.2 Å². The van der Waals surface area contributed by atoms with Gasteiger partial charge in [0.05, 0.1) is 5.52 Å². The van der Waals surface area contributed by atoms with E-state index in [1.54, 1.807) is 0 Å². The lowest BCUT2D eigenvalue weighted by atomic mass is 9.87. The Kier molecular flexibility index (Phi) is 7.55. The largest absolute Gasteiger partial charge is 0.313 e. The topological polar surface area (TPSA) is 4.93 Å². The molecule has 1 aliphatic heterocycles. The molecule has 0 saturated carbocycles. The maximum Gasteiger partial charge on any atom is 0.0543 e. The molecule has 0 amide bonds. The second-order valence-corrected chi connectivity index (χ2v) is 15.3. The lowest BCUT2D eigenvalue weighted by Crippen LogP contribution is -2.02. The van der Waals surface area contributed by atoms with Crippen molar-refractivity contribution in [3.63, 3.8) is 0 Å². The molecule has 0 bridgehead atoms. The van der Waals surface area contributed by atoms with Crippen LogP contribution in [-0.2, 0) is 6.42 Å². The Bertz CT molecular complexity index is 2630. The number of aromatic nitrogens is 1. The van der Waals surface area contributed by atoms with E-state index in [4.69, 9.17) is 0 Å². The molecule has 7 aromatic carbocycles. The molecule has 10 rings (SSSR count). The summed E-state index contributed by atoms with van der Waals surface area (Å²) in [5.41, 5.74) is 15.3. The van der Waals surface area contributed by atoms with Crippen LogP contribution in [0.25, 0.3) is 67.2 Å². The summed E-state index contributed by atoms with van der Waals surface area (Å²) in [6.45, 7) is 0. The highest BCUT2D eigenvalue weighted by atomic mass is 32.2. The fourth-order valence-electron chi connectivity index (χ4n) is 7.99. The minimum atomic E-state index is 1.02. The Hall–Kier alpha value is -5.48. The highest BCUT2D eigenvalue weighted by Gasteiger charge is 2.27. The van der Waals surface area contributed by atoms with Crippen LogP contribution in [0.2, 0.25) is 0 Å². The van der Waals surface area contributed by atoms with E-state index in [0.29, 0.717) is 0 Å². The molecule has 0 N–H and O–H groups in total. The third-order valence-electron chi connectivity index (χ3n) is 10.2. The first kappa shape index (κ1) is 30.4. The van der Waals surface area contributed by atoms with Crippen LogP contribution in [0.5, 0.6) is 0 Å². The molecule has 51 heavy (non-hydrogen) atoms. The number of hydrogen-bond donors (Lipinski definition) is 0. The third kappa shape index (κ3) is 5.11. The van der Waals surface area contributed by atoms with Gasteiger partial charge in [-0.05, 0) is 88.7 Å². The summed E-state index contributed by atoms with van der Waals surface area (Å²) < 4.78 is 2.50. The molecule has 8 aromatic rings. The van der Waals surface area contributed by atoms with Gasteiger partial charge in [-0.1, -0.05) is 157 Å². The van der Waals surface area contributed by atoms with Gasteiger partial charge in [0.1, 0.15) is 0 Å². The zero-order chi connectivity index (χ0) is 33.7. The van der Waals surface area contributed by atoms with E-state index < -0.39 is 0 Å². The fraction of sp³-hybridized carbons (Fsp3) is 0.0417. The standard InChI is InChI=1S/C48H33NS2/c1-3-16-32(17-4-1)34-23-14-30-44-47(34)48-38(25-15-31-45(48)51-43-29-12-9-21-36(43)35-20-8-11-28-42(35)50-44)37-24-13-27-41-46(37)39-22-7-10-26-40(39)49(41)33-18-5-2-6-19-33/h1-9,11-25,27-31H,10,26H2. The number of rotatable bonds is 3. The summed E-state index contributed by atoms with van der Waals surface area (Å²) in [5.74, 6) is 0. The number of nitrogens with zero attached hydrogens (tertiary/aromatic N) is 1. The molecule has 2 heterocycles. The highest BCUT2D eigenvalue weighted by molar-refractivity contribution is 8.00. The van der Waals surface area contributed by atoms with Crippen molar-refractivity contribution >= 4 is 40.5 Å². The molecule has 0 unspecified atom stereocenters. The molecule has 0 spiro atoms. The van der Waals surface area contributed by atoms with E-state index in [1.165, 1.54) is 91.9 Å². The van der Waals surface area contributed by atoms with Gasteiger partial charge in [0.2, 0.25) is 0 Å². The Labute approximate surface area is 307 Å². The van der Waals surface area contributed by atoms with Crippen LogP contribution in [-0.4, -0.2) is 4.57 Å². The predicted molar refractivity (Wildman–Crippen MR) is 217 cm³/mol. The molecule has 0 saturated heterocycles. The van der Waals surface area contributed by atoms with Crippen LogP contribution in [0, 0.1) is 0 Å². The molecule has 242 valence electrons. The average molecular weight is 688 g/mol. The summed E-state index contributed by atoms with van der Waals surface area (Å²) in [5, 5.41) is 1.32. The van der Waals surface area contributed by atoms with E-state index >= 15 is 0 Å². The molecular weight excluding hydrogens is 655 g/mol. The monoisotopic (exact) mass is 687 g/mol. The summed E-state index contributed by atoms with van der Waals surface area (Å²) >= 11 is 3.77. The van der Waals surface area contributed by atoms with Gasteiger partial charge in [0.25, 0.3) is 0 Å². The first-order chi connectivity index (χ1) is 25.3. The van der Waals surface area contributed by atoms with E-state index in [0.717, 1.165) is 12.8 Å². The van der Waals surface area contributed by atoms with Gasteiger partial charge >= 0.3 is 0 Å². The molecule has 0 fully saturated rings. The number of hydrogen-bond acceptors (Lipinski definition) is 2. The van der Waals surface area contributed by atoms with Gasteiger partial charge in [-0.15, -0.1) is 0 Å². The van der Waals surface area contributed by atoms with Crippen molar-refractivity contribution in [2.45, 2.75) is 32.4 Å². The van der Waals surface area contributed by atoms with Crippen molar-refractivity contribution in [2.75, 3.05) is 0 Å². The zero-order valence-corrected chi connectivity index (χ0v) is 29.6. The van der Waals surface area contributed by atoms with Crippen LogP contribution < -0.4 is 0 Å². The maximum absolute atomic E-state index is 2.50. The second kappa shape index (κ2) is 12.7. The van der Waals surface area contributed by atoms with Gasteiger partial charge in [0.15, 0.2) is 0 Å². The molecule has 1 aliphatic carbocycles. The minimum Gasteiger partial charge on any atom is -0.313 e. The third-order valence-corrected chi connectivity index (χ3v) is 12.4. The lowest BCUT2D eigenvalue weighted by molar-refractivity contribution is 0.888. The molecular formula is C48H33NS2. The summed E-state index contributed by atoms with van der Waals surface area (Å²) in [6.07, 6.45) is 6.79. The van der Waals surface area contributed by atoms with Crippen molar-refractivity contribution < 1.29 is 0 Å². The van der Waals surface area contributed by atoms with Crippen LogP contribution in [0.3, 0.4) is 0 Å². The zero-order valence-electron chi connectivity index (χ0n) is 27.9. The average Bonchev–Trinajstić information content (AvgIpc) is 3.54. The number of allylic oxidation sites excluding steroid dienone is 1. The Balaban J connectivity index is 1.33. The van der Waals surface area contributed by atoms with E-state index in [9.17, 15) is 0 Å². The van der Waals surface area contributed by atoms with Gasteiger partial charge in [0, 0.05) is 53.0 Å². The first-order valence-electron chi connectivity index (χ1n) is 17.6. The maximum atomic E-state index is 2.50. The predicted octanol–water partition coefficient (Wildman–Crippen LogP) is 13.9. The van der Waals surface area contributed by atoms with Gasteiger partial charge in [-0.25, -0.2) is 0 Å². The van der Waals surface area contributed by atoms with Crippen molar-refractivity contribution in [2.24, 2.45) is 0 Å². The molecule has 1 aromatic heterocycles. The van der Waals surface area contributed by atoms with Crippen molar-refractivity contribution in [1.29, 1.82) is 0 Å². The normalized spacial score (nSPS) is 13.1. The van der Waals surface area contributed by atoms with Crippen molar-refractivity contribution in [1.82, 2.24) is 4.57 Å². The van der Waals surface area contributed by atoms with E-state index in [1.807, 2.05) is 23.5 Å². The lowest BCUT2D eigenvalue weighted by Gasteiger charge is -2.24. The Morgan fingerprint density at radius 1 is 0.431 bits per heavy atom. The first-order valence-corrected chi connectivity index (χ1v) is 19.2. The van der Waals surface area contributed by atoms with E-state index in [-0.39, 0.29) is 0 Å². The highest BCUT2D eigenvalue weighted by Crippen LogP contribution is 2.54. The smallest absolute Gasteiger partial charge is 0.0543 e. The van der Waals surface area contributed by atoms with Gasteiger partial charge < -0.3 is 4.57 Å². The summed E-state index contributed by atoms with van der Waals surface area (Å²) in [6, 6.07) is 60.3. The Morgan fingerprint density at radius 3 is 1.67 bits per heavy atom. The Morgan fingerprint density at radius 2 is 0.961 bits per heavy atom. The van der Waals surface area contributed by atoms with Crippen LogP contribution in [0.1, 0.15) is 17.7 Å². The molecule has 0 radical (unpaired) electrons. The molecule has 3 heteroatoms. The minimum absolute atomic E-state index is 1.02. The summed E-state index contributed by atoms with van der Waals surface area (Å²) in [4.78, 5) is 5.04. The fourth-order valence-corrected chi connectivity index (χ4v) is 10.3. The molecule has 0 atom stereocenters. The SMILES string of the molecule is C1=Cc2c(n(-c3ccccc3)c3cccc(-c4cccc5c4-c4c(cccc4-c4ccccc4)Sc4ccccc4-c4ccccc4S5)c23)CC1. The molecule has 1 nitrogen and oxygen atoms in total. The van der Waals surface area contributed by atoms with Gasteiger partial charge in [-0.3, -0.25) is 0 Å². The van der Waals surface area contributed by atoms with Crippen LogP contribution >= 0.6 is 23.5 Å². The van der Waals surface area contributed by atoms with Crippen LogP contribution in [0.15, 0.2) is 189 Å². The molecule has 2 aliphatic rings. The number of para-hydroxylation sites is 1. The van der Waals surface area contributed by atoms with Crippen LogP contribution in [0.4, 0.5) is 0 Å². The van der Waals surface area contributed by atoms with Gasteiger partial charge in [-0.2, -0.15) is 0 Å². The van der Waals surface area contributed by atoms with Crippen molar-refractivity contribution in [3.05, 3.63) is 181 Å². The summed E-state index contributed by atoms with van der Waals surface area (Å²) in [7, 11) is 0. The second-order valence-electron chi connectivity index (χ2n) is 13.1. The quantitative estimate of drug-likeness (QED) is 0.182.